The van der Waals surface area contributed by atoms with Crippen molar-refractivity contribution in [3.8, 4) is 0 Å². The van der Waals surface area contributed by atoms with E-state index in [4.69, 9.17) is 9.84 Å². The van der Waals surface area contributed by atoms with E-state index in [-0.39, 0.29) is 5.56 Å². The summed E-state index contributed by atoms with van der Waals surface area (Å²) in [6.45, 7) is -0.539. The molecule has 1 saturated heterocycles. The molecule has 9 heteroatoms. The van der Waals surface area contributed by atoms with Gasteiger partial charge in [-0.2, -0.15) is 0 Å². The Labute approximate surface area is 121 Å². The summed E-state index contributed by atoms with van der Waals surface area (Å²) in [4.78, 5) is 27.7. The molecular formula is C11H13BrN2O6. The topological polar surface area (TPSA) is 125 Å². The van der Waals surface area contributed by atoms with Gasteiger partial charge in [0.05, 0.1) is 12.2 Å². The fourth-order valence-corrected chi connectivity index (χ4v) is 2.30. The van der Waals surface area contributed by atoms with Gasteiger partial charge in [0, 0.05) is 6.20 Å². The molecule has 0 saturated carbocycles. The van der Waals surface area contributed by atoms with E-state index in [1.165, 1.54) is 17.3 Å². The highest BCUT2D eigenvalue weighted by Crippen LogP contribution is 2.27. The molecule has 0 amide bonds. The van der Waals surface area contributed by atoms with E-state index in [0.717, 1.165) is 0 Å². The van der Waals surface area contributed by atoms with E-state index in [1.807, 2.05) is 0 Å². The summed E-state index contributed by atoms with van der Waals surface area (Å²) < 4.78 is 5.85. The quantitative estimate of drug-likeness (QED) is 0.527. The van der Waals surface area contributed by atoms with Crippen molar-refractivity contribution < 1.29 is 20.1 Å². The molecule has 1 aliphatic rings. The molecule has 0 bridgehead atoms. The third-order valence-electron chi connectivity index (χ3n) is 3.05. The molecule has 20 heavy (non-hydrogen) atoms. The van der Waals surface area contributed by atoms with E-state index in [9.17, 15) is 19.8 Å². The fourth-order valence-electron chi connectivity index (χ4n) is 2.01. The molecule has 4 N–H and O–H groups in total. The Morgan fingerprint density at radius 2 is 2.10 bits per heavy atom. The molecule has 1 aliphatic heterocycles. The number of halogens is 1. The molecule has 1 aromatic rings. The number of nitrogens with one attached hydrogen (secondary N) is 1. The average molecular weight is 349 g/mol. The first kappa shape index (κ1) is 15.1. The summed E-state index contributed by atoms with van der Waals surface area (Å²) in [6.07, 6.45) is -2.66. The number of hydrogen-bond acceptors (Lipinski definition) is 6. The van der Waals surface area contributed by atoms with Gasteiger partial charge in [0.15, 0.2) is 6.23 Å². The van der Waals surface area contributed by atoms with Crippen LogP contribution in [-0.4, -0.2) is 49.8 Å². The molecule has 0 aromatic carbocycles. The molecule has 0 radical (unpaired) electrons. The van der Waals surface area contributed by atoms with Crippen molar-refractivity contribution in [2.75, 3.05) is 6.61 Å². The maximum Gasteiger partial charge on any atom is 0.330 e. The molecule has 1 fully saturated rings. The standard InChI is InChI=1S/C11H13BrN2O6/c12-2-1-5-3-13-11(19)14(9(5)18)10-8(17)7(16)6(4-15)20-10/h1-3,6-8,10,15-17H,4H2,(H,13,19)/b2-1+/t6-,7-,8+,10-/m1/s1. The van der Waals surface area contributed by atoms with Crippen molar-refractivity contribution in [2.24, 2.45) is 0 Å². The van der Waals surface area contributed by atoms with Crippen LogP contribution < -0.4 is 11.2 Å². The Bertz CT molecular complexity index is 624. The fraction of sp³-hybridized carbons (Fsp3) is 0.455. The van der Waals surface area contributed by atoms with Crippen LogP contribution in [0.1, 0.15) is 11.8 Å². The summed E-state index contributed by atoms with van der Waals surface area (Å²) in [5, 5.41) is 28.5. The van der Waals surface area contributed by atoms with Crippen LogP contribution in [-0.2, 0) is 4.74 Å². The smallest absolute Gasteiger partial charge is 0.330 e. The first-order chi connectivity index (χ1) is 9.51. The van der Waals surface area contributed by atoms with Crippen LogP contribution in [0, 0.1) is 0 Å². The van der Waals surface area contributed by atoms with Crippen molar-refractivity contribution in [1.29, 1.82) is 0 Å². The normalized spacial score (nSPS) is 30.2. The number of aliphatic hydroxyl groups is 3. The van der Waals surface area contributed by atoms with Crippen molar-refractivity contribution in [3.63, 3.8) is 0 Å². The zero-order valence-corrected chi connectivity index (χ0v) is 11.7. The van der Waals surface area contributed by atoms with Crippen molar-refractivity contribution in [2.45, 2.75) is 24.5 Å². The van der Waals surface area contributed by atoms with Crippen molar-refractivity contribution in [1.82, 2.24) is 9.55 Å². The van der Waals surface area contributed by atoms with Gasteiger partial charge in [-0.05, 0) is 11.1 Å². The van der Waals surface area contributed by atoms with Gasteiger partial charge in [-0.25, -0.2) is 9.36 Å². The van der Waals surface area contributed by atoms with Gasteiger partial charge in [0.25, 0.3) is 5.56 Å². The minimum absolute atomic E-state index is 0.166. The minimum atomic E-state index is -1.49. The third kappa shape index (κ3) is 2.50. The van der Waals surface area contributed by atoms with E-state index >= 15 is 0 Å². The van der Waals surface area contributed by atoms with E-state index in [0.29, 0.717) is 4.57 Å². The number of nitrogens with zero attached hydrogens (tertiary/aromatic N) is 1. The molecule has 0 unspecified atom stereocenters. The van der Waals surface area contributed by atoms with Gasteiger partial charge in [0.1, 0.15) is 18.3 Å². The molecular weight excluding hydrogens is 336 g/mol. The van der Waals surface area contributed by atoms with Gasteiger partial charge in [-0.1, -0.05) is 15.9 Å². The number of aliphatic hydroxyl groups excluding tert-OH is 3. The summed E-state index contributed by atoms with van der Waals surface area (Å²) in [6, 6.07) is 0. The van der Waals surface area contributed by atoms with Gasteiger partial charge in [0.2, 0.25) is 0 Å². The maximum atomic E-state index is 12.1. The second-order valence-corrected chi connectivity index (χ2v) is 4.77. The molecule has 2 heterocycles. The SMILES string of the molecule is O=c1[nH]cc(/C=C/Br)c(=O)n1[C@@H]1O[C@H](CO)[C@@H](O)[C@@H]1O. The number of rotatable bonds is 3. The first-order valence-corrected chi connectivity index (χ1v) is 6.66. The number of ether oxygens (including phenoxy) is 1. The number of aromatic nitrogens is 2. The summed E-state index contributed by atoms with van der Waals surface area (Å²) >= 11 is 3.01. The highest BCUT2D eigenvalue weighted by atomic mass is 79.9. The lowest BCUT2D eigenvalue weighted by molar-refractivity contribution is -0.0565. The van der Waals surface area contributed by atoms with Gasteiger partial charge >= 0.3 is 5.69 Å². The molecule has 8 nitrogen and oxygen atoms in total. The second-order valence-electron chi connectivity index (χ2n) is 4.25. The maximum absolute atomic E-state index is 12.1. The summed E-state index contributed by atoms with van der Waals surface area (Å²) in [5.41, 5.74) is -1.30. The molecule has 0 spiro atoms. The summed E-state index contributed by atoms with van der Waals surface area (Å²) in [7, 11) is 0. The number of hydrogen-bond donors (Lipinski definition) is 4. The lowest BCUT2D eigenvalue weighted by atomic mass is 10.1. The van der Waals surface area contributed by atoms with E-state index in [1.54, 1.807) is 0 Å². The molecule has 110 valence electrons. The van der Waals surface area contributed by atoms with Gasteiger partial charge in [-0.15, -0.1) is 0 Å². The third-order valence-corrected chi connectivity index (χ3v) is 3.31. The lowest BCUT2D eigenvalue weighted by Crippen LogP contribution is -2.43. The second kappa shape index (κ2) is 6.02. The largest absolute Gasteiger partial charge is 0.394 e. The minimum Gasteiger partial charge on any atom is -0.394 e. The zero-order chi connectivity index (χ0) is 14.9. The average Bonchev–Trinajstić information content (AvgIpc) is 2.70. The van der Waals surface area contributed by atoms with Crippen LogP contribution in [0.2, 0.25) is 0 Å². The molecule has 1 aromatic heterocycles. The Hall–Kier alpha value is -1.26. The number of aromatic amines is 1. The highest BCUT2D eigenvalue weighted by Gasteiger charge is 2.44. The molecule has 4 atom stereocenters. The predicted molar refractivity (Wildman–Crippen MR) is 72.3 cm³/mol. The van der Waals surface area contributed by atoms with Gasteiger partial charge < -0.3 is 25.0 Å². The Kier molecular flexibility index (Phi) is 4.55. The van der Waals surface area contributed by atoms with E-state index < -0.39 is 42.4 Å². The zero-order valence-electron chi connectivity index (χ0n) is 10.1. The van der Waals surface area contributed by atoms with Crippen LogP contribution in [0.25, 0.3) is 6.08 Å². The molecule has 0 aliphatic carbocycles. The Morgan fingerprint density at radius 3 is 2.65 bits per heavy atom. The van der Waals surface area contributed by atoms with E-state index in [2.05, 4.69) is 20.9 Å². The highest BCUT2D eigenvalue weighted by molar-refractivity contribution is 9.11. The number of H-pyrrole nitrogens is 1. The van der Waals surface area contributed by atoms with Crippen molar-refractivity contribution >= 4 is 22.0 Å². The van der Waals surface area contributed by atoms with Gasteiger partial charge in [-0.3, -0.25) is 4.79 Å². The monoisotopic (exact) mass is 348 g/mol. The Balaban J connectivity index is 2.51. The Morgan fingerprint density at radius 1 is 1.40 bits per heavy atom. The van der Waals surface area contributed by atoms with Crippen LogP contribution in [0.4, 0.5) is 0 Å². The molecule has 2 rings (SSSR count). The summed E-state index contributed by atoms with van der Waals surface area (Å²) in [5.74, 6) is 0. The first-order valence-electron chi connectivity index (χ1n) is 5.74. The van der Waals surface area contributed by atoms with Crippen LogP contribution in [0.5, 0.6) is 0 Å². The predicted octanol–water partition coefficient (Wildman–Crippen LogP) is -1.49. The van der Waals surface area contributed by atoms with Crippen LogP contribution in [0.3, 0.4) is 0 Å². The van der Waals surface area contributed by atoms with Crippen LogP contribution in [0.15, 0.2) is 20.8 Å². The lowest BCUT2D eigenvalue weighted by Gasteiger charge is -2.16. The van der Waals surface area contributed by atoms with Crippen molar-refractivity contribution in [3.05, 3.63) is 37.6 Å². The van der Waals surface area contributed by atoms with Crippen LogP contribution >= 0.6 is 15.9 Å².